The van der Waals surface area contributed by atoms with Gasteiger partial charge in [0, 0.05) is 41.5 Å². The summed E-state index contributed by atoms with van der Waals surface area (Å²) < 4.78 is 0. The lowest BCUT2D eigenvalue weighted by Gasteiger charge is -2.31. The summed E-state index contributed by atoms with van der Waals surface area (Å²) in [6.07, 6.45) is -2.04. The fraction of sp³-hybridized carbons (Fsp3) is 0.214. The number of nitrogens with one attached hydrogen (secondary N) is 2. The van der Waals surface area contributed by atoms with E-state index in [4.69, 9.17) is 11.6 Å². The van der Waals surface area contributed by atoms with Crippen molar-refractivity contribution in [3.8, 4) is 0 Å². The molecule has 1 heterocycles. The Kier molecular flexibility index (Phi) is 8.83. The summed E-state index contributed by atoms with van der Waals surface area (Å²) in [6.45, 7) is 1.84. The molecule has 0 aromatic heterocycles. The average Bonchev–Trinajstić information content (AvgIpc) is 3.38. The molecule has 41 heavy (non-hydrogen) atoms. The number of aliphatic carboxylic acids is 1. The minimum absolute atomic E-state index is 0.00243. The molecule has 1 aliphatic heterocycles. The SMILES string of the molecule is Cc1cccc(C(=O)N2CCN(C(=O)Nc3cccc(Cl)c3)C2C(=O)NC(CC(=O)O)c2cccc([N+](=O)[O-])c2)c1. The topological polar surface area (TPSA) is 162 Å². The fourth-order valence-corrected chi connectivity index (χ4v) is 4.76. The Morgan fingerprint density at radius 3 is 2.41 bits per heavy atom. The number of hydrogen-bond donors (Lipinski definition) is 3. The van der Waals surface area contributed by atoms with Crippen LogP contribution in [0.2, 0.25) is 5.02 Å². The van der Waals surface area contributed by atoms with Gasteiger partial charge in [0.05, 0.1) is 17.4 Å². The highest BCUT2D eigenvalue weighted by Crippen LogP contribution is 2.25. The zero-order valence-electron chi connectivity index (χ0n) is 21.8. The van der Waals surface area contributed by atoms with E-state index in [0.29, 0.717) is 16.3 Å². The van der Waals surface area contributed by atoms with Gasteiger partial charge in [0.25, 0.3) is 17.5 Å². The van der Waals surface area contributed by atoms with E-state index in [-0.39, 0.29) is 24.3 Å². The number of aryl methyl sites for hydroxylation is 1. The third-order valence-electron chi connectivity index (χ3n) is 6.45. The molecular weight excluding hydrogens is 554 g/mol. The van der Waals surface area contributed by atoms with E-state index in [1.807, 2.05) is 13.0 Å². The molecule has 3 aromatic rings. The van der Waals surface area contributed by atoms with Gasteiger partial charge in [0.2, 0.25) is 0 Å². The van der Waals surface area contributed by atoms with Gasteiger partial charge in [-0.25, -0.2) is 4.79 Å². The van der Waals surface area contributed by atoms with E-state index in [1.54, 1.807) is 36.4 Å². The minimum Gasteiger partial charge on any atom is -0.481 e. The van der Waals surface area contributed by atoms with E-state index in [0.717, 1.165) is 10.5 Å². The van der Waals surface area contributed by atoms with Crippen LogP contribution in [-0.4, -0.2) is 62.9 Å². The van der Waals surface area contributed by atoms with Crippen LogP contribution in [0.4, 0.5) is 16.2 Å². The van der Waals surface area contributed by atoms with Crippen molar-refractivity contribution in [1.82, 2.24) is 15.1 Å². The number of nitro groups is 1. The second-order valence-corrected chi connectivity index (χ2v) is 9.82. The third kappa shape index (κ3) is 6.97. The zero-order valence-corrected chi connectivity index (χ0v) is 22.6. The zero-order chi connectivity index (χ0) is 29.7. The maximum Gasteiger partial charge on any atom is 0.323 e. The van der Waals surface area contributed by atoms with Crippen LogP contribution in [-0.2, 0) is 9.59 Å². The van der Waals surface area contributed by atoms with Crippen LogP contribution < -0.4 is 10.6 Å². The van der Waals surface area contributed by atoms with Gasteiger partial charge in [-0.15, -0.1) is 0 Å². The highest BCUT2D eigenvalue weighted by molar-refractivity contribution is 6.30. The Balaban J connectivity index is 1.67. The molecule has 3 aromatic carbocycles. The lowest BCUT2D eigenvalue weighted by Crippen LogP contribution is -2.55. The fourth-order valence-electron chi connectivity index (χ4n) is 4.57. The van der Waals surface area contributed by atoms with Gasteiger partial charge >= 0.3 is 12.0 Å². The number of nitrogens with zero attached hydrogens (tertiary/aromatic N) is 3. The predicted octanol–water partition coefficient (Wildman–Crippen LogP) is 4.20. The van der Waals surface area contributed by atoms with E-state index >= 15 is 0 Å². The third-order valence-corrected chi connectivity index (χ3v) is 6.68. The van der Waals surface area contributed by atoms with Gasteiger partial charge in [-0.3, -0.25) is 29.4 Å². The summed E-state index contributed by atoms with van der Waals surface area (Å²) in [7, 11) is 0. The first-order chi connectivity index (χ1) is 19.5. The van der Waals surface area contributed by atoms with E-state index < -0.39 is 47.4 Å². The van der Waals surface area contributed by atoms with Crippen molar-refractivity contribution < 1.29 is 29.2 Å². The molecule has 212 valence electrons. The number of rotatable bonds is 8. The van der Waals surface area contributed by atoms with E-state index in [9.17, 15) is 34.4 Å². The van der Waals surface area contributed by atoms with E-state index in [2.05, 4.69) is 10.6 Å². The number of halogens is 1. The number of hydrogen-bond acceptors (Lipinski definition) is 6. The molecule has 0 aliphatic carbocycles. The number of carbonyl (C=O) groups is 4. The number of carbonyl (C=O) groups excluding carboxylic acids is 3. The molecule has 0 saturated carbocycles. The summed E-state index contributed by atoms with van der Waals surface area (Å²) in [5.41, 5.74) is 1.39. The first-order valence-corrected chi connectivity index (χ1v) is 12.9. The van der Waals surface area contributed by atoms with Gasteiger partial charge in [0.15, 0.2) is 6.17 Å². The van der Waals surface area contributed by atoms with Gasteiger partial charge in [-0.05, 0) is 42.8 Å². The number of nitro benzene ring substituents is 1. The molecule has 2 atom stereocenters. The van der Waals surface area contributed by atoms with E-state index in [1.165, 1.54) is 35.2 Å². The quantitative estimate of drug-likeness (QED) is 0.266. The number of anilines is 1. The molecule has 2 unspecified atom stereocenters. The maximum atomic E-state index is 13.8. The Labute approximate surface area is 239 Å². The van der Waals surface area contributed by atoms with Crippen molar-refractivity contribution in [1.29, 1.82) is 0 Å². The molecule has 0 bridgehead atoms. The summed E-state index contributed by atoms with van der Waals surface area (Å²) >= 11 is 6.03. The lowest BCUT2D eigenvalue weighted by atomic mass is 10.0. The molecule has 4 rings (SSSR count). The highest BCUT2D eigenvalue weighted by atomic mass is 35.5. The smallest absolute Gasteiger partial charge is 0.323 e. The Bertz CT molecular complexity index is 1510. The number of non-ortho nitro benzene ring substituents is 1. The molecule has 4 amide bonds. The first-order valence-electron chi connectivity index (χ1n) is 12.5. The van der Waals surface area contributed by atoms with Crippen LogP contribution in [0.1, 0.15) is 33.9 Å². The van der Waals surface area contributed by atoms with Crippen LogP contribution in [0.3, 0.4) is 0 Å². The van der Waals surface area contributed by atoms with Crippen LogP contribution in [0.5, 0.6) is 0 Å². The first kappa shape index (κ1) is 29.0. The maximum absolute atomic E-state index is 13.8. The van der Waals surface area contributed by atoms with Crippen molar-refractivity contribution in [2.75, 3.05) is 18.4 Å². The highest BCUT2D eigenvalue weighted by Gasteiger charge is 2.44. The van der Waals surface area contributed by atoms with Crippen molar-refractivity contribution >= 4 is 46.8 Å². The molecule has 1 aliphatic rings. The van der Waals surface area contributed by atoms with Gasteiger partial charge in [-0.1, -0.05) is 47.5 Å². The normalized spacial score (nSPS) is 15.2. The lowest BCUT2D eigenvalue weighted by molar-refractivity contribution is -0.384. The van der Waals surface area contributed by atoms with Crippen molar-refractivity contribution in [2.24, 2.45) is 0 Å². The summed E-state index contributed by atoms with van der Waals surface area (Å²) in [4.78, 5) is 65.4. The van der Waals surface area contributed by atoms with Gasteiger partial charge in [0.1, 0.15) is 0 Å². The van der Waals surface area contributed by atoms with Crippen LogP contribution in [0, 0.1) is 17.0 Å². The Morgan fingerprint density at radius 1 is 1.02 bits per heavy atom. The predicted molar refractivity (Wildman–Crippen MR) is 149 cm³/mol. The van der Waals surface area contributed by atoms with Crippen molar-refractivity contribution in [3.63, 3.8) is 0 Å². The van der Waals surface area contributed by atoms with Crippen LogP contribution >= 0.6 is 11.6 Å². The summed E-state index contributed by atoms with van der Waals surface area (Å²) in [5, 5.41) is 26.4. The number of carboxylic acids is 1. The number of benzene rings is 3. The molecule has 1 saturated heterocycles. The number of urea groups is 1. The monoisotopic (exact) mass is 579 g/mol. The standard InChI is InChI=1S/C28H26ClN5O7/c1-17-5-2-7-19(13-17)27(38)32-11-12-33(28(39)30-21-9-4-8-20(29)15-21)26(32)25(37)31-23(16-24(35)36)18-6-3-10-22(14-18)34(40)41/h2-10,13-15,23,26H,11-12,16H2,1H3,(H,30,39)(H,31,37)(H,35,36). The van der Waals surface area contributed by atoms with Crippen molar-refractivity contribution in [2.45, 2.75) is 25.6 Å². The second-order valence-electron chi connectivity index (χ2n) is 9.39. The molecule has 0 radical (unpaired) electrons. The minimum atomic E-state index is -1.45. The van der Waals surface area contributed by atoms with Crippen LogP contribution in [0.15, 0.2) is 72.8 Å². The molecule has 1 fully saturated rings. The summed E-state index contributed by atoms with van der Waals surface area (Å²) in [5.74, 6) is -2.60. The number of carboxylic acid groups (broad SMARTS) is 1. The molecule has 13 heteroatoms. The van der Waals surface area contributed by atoms with Crippen molar-refractivity contribution in [3.05, 3.63) is 105 Å². The number of amides is 4. The van der Waals surface area contributed by atoms with Gasteiger partial charge in [-0.2, -0.15) is 0 Å². The molecule has 3 N–H and O–H groups in total. The summed E-state index contributed by atoms with van der Waals surface area (Å²) in [6, 6.07) is 16.5. The largest absolute Gasteiger partial charge is 0.481 e. The van der Waals surface area contributed by atoms with Crippen LogP contribution in [0.25, 0.3) is 0 Å². The molecular formula is C28H26ClN5O7. The Morgan fingerprint density at radius 2 is 1.73 bits per heavy atom. The van der Waals surface area contributed by atoms with Gasteiger partial charge < -0.3 is 20.6 Å². The average molecular weight is 580 g/mol. The second kappa shape index (κ2) is 12.5. The molecule has 0 spiro atoms. The molecule has 12 nitrogen and oxygen atoms in total. The Hall–Kier alpha value is -4.97.